The summed E-state index contributed by atoms with van der Waals surface area (Å²) in [6.07, 6.45) is 4.48. The summed E-state index contributed by atoms with van der Waals surface area (Å²) in [4.78, 5) is 3.99. The maximum atomic E-state index is 13.2. The smallest absolute Gasteiger partial charge is 0.123 e. The van der Waals surface area contributed by atoms with Gasteiger partial charge in [0.1, 0.15) is 5.82 Å². The summed E-state index contributed by atoms with van der Waals surface area (Å²) < 4.78 is 13.2. The molecule has 0 saturated heterocycles. The van der Waals surface area contributed by atoms with Gasteiger partial charge in [0.2, 0.25) is 0 Å². The van der Waals surface area contributed by atoms with E-state index in [0.717, 1.165) is 18.5 Å². The zero-order valence-electron chi connectivity index (χ0n) is 10.4. The Morgan fingerprint density at radius 3 is 2.67 bits per heavy atom. The lowest BCUT2D eigenvalue weighted by atomic mass is 10.0. The summed E-state index contributed by atoms with van der Waals surface area (Å²) in [6.45, 7) is 2.85. The first-order chi connectivity index (χ1) is 8.79. The highest BCUT2D eigenvalue weighted by Crippen LogP contribution is 2.18. The molecular formula is C15H17FN2. The van der Waals surface area contributed by atoms with Gasteiger partial charge >= 0.3 is 0 Å². The topological polar surface area (TPSA) is 24.9 Å². The van der Waals surface area contributed by atoms with E-state index in [9.17, 15) is 4.39 Å². The van der Waals surface area contributed by atoms with E-state index in [1.807, 2.05) is 18.2 Å². The highest BCUT2D eigenvalue weighted by molar-refractivity contribution is 5.20. The quantitative estimate of drug-likeness (QED) is 0.871. The van der Waals surface area contributed by atoms with Crippen molar-refractivity contribution < 1.29 is 4.39 Å². The monoisotopic (exact) mass is 244 g/mol. The Morgan fingerprint density at radius 1 is 1.22 bits per heavy atom. The molecule has 0 aliphatic rings. The minimum absolute atomic E-state index is 0.175. The summed E-state index contributed by atoms with van der Waals surface area (Å²) >= 11 is 0. The Hall–Kier alpha value is -1.74. The van der Waals surface area contributed by atoms with Crippen molar-refractivity contribution in [2.45, 2.75) is 25.9 Å². The van der Waals surface area contributed by atoms with Crippen molar-refractivity contribution >= 4 is 0 Å². The number of hydrogen-bond acceptors (Lipinski definition) is 2. The standard InChI is InChI=1S/C15H17FN2/c1-2-15(13-4-3-5-14(16)10-13)18-11-12-6-8-17-9-7-12/h3-10,15,18H,2,11H2,1H3. The van der Waals surface area contributed by atoms with E-state index >= 15 is 0 Å². The second-order valence-electron chi connectivity index (χ2n) is 4.25. The molecule has 2 rings (SSSR count). The fourth-order valence-electron chi connectivity index (χ4n) is 1.96. The average Bonchev–Trinajstić information content (AvgIpc) is 2.41. The molecule has 0 radical (unpaired) electrons. The zero-order valence-corrected chi connectivity index (χ0v) is 10.4. The molecule has 0 amide bonds. The van der Waals surface area contributed by atoms with Crippen LogP contribution in [0.15, 0.2) is 48.8 Å². The van der Waals surface area contributed by atoms with Crippen molar-refractivity contribution in [3.63, 3.8) is 0 Å². The molecule has 18 heavy (non-hydrogen) atoms. The number of pyridine rings is 1. The van der Waals surface area contributed by atoms with E-state index in [1.54, 1.807) is 24.5 Å². The Morgan fingerprint density at radius 2 is 2.00 bits per heavy atom. The third-order valence-corrected chi connectivity index (χ3v) is 2.96. The average molecular weight is 244 g/mol. The van der Waals surface area contributed by atoms with Crippen LogP contribution in [-0.2, 0) is 6.54 Å². The van der Waals surface area contributed by atoms with Crippen molar-refractivity contribution in [3.05, 3.63) is 65.7 Å². The maximum Gasteiger partial charge on any atom is 0.123 e. The fraction of sp³-hybridized carbons (Fsp3) is 0.267. The molecule has 1 N–H and O–H groups in total. The van der Waals surface area contributed by atoms with Gasteiger partial charge in [-0.2, -0.15) is 0 Å². The third-order valence-electron chi connectivity index (χ3n) is 2.96. The van der Waals surface area contributed by atoms with Gasteiger partial charge in [-0.1, -0.05) is 19.1 Å². The minimum atomic E-state index is -0.184. The summed E-state index contributed by atoms with van der Waals surface area (Å²) in [5.74, 6) is -0.184. The van der Waals surface area contributed by atoms with Crippen LogP contribution < -0.4 is 5.32 Å². The van der Waals surface area contributed by atoms with Gasteiger partial charge in [0.15, 0.2) is 0 Å². The van der Waals surface area contributed by atoms with E-state index in [0.29, 0.717) is 0 Å². The molecule has 1 unspecified atom stereocenters. The lowest BCUT2D eigenvalue weighted by Gasteiger charge is -2.17. The van der Waals surface area contributed by atoms with Gasteiger partial charge in [-0.3, -0.25) is 4.98 Å². The normalized spacial score (nSPS) is 12.3. The molecule has 2 nitrogen and oxygen atoms in total. The summed E-state index contributed by atoms with van der Waals surface area (Å²) in [5, 5.41) is 3.43. The second-order valence-corrected chi connectivity index (χ2v) is 4.25. The predicted octanol–water partition coefficient (Wildman–Crippen LogP) is 3.46. The first-order valence-electron chi connectivity index (χ1n) is 6.17. The zero-order chi connectivity index (χ0) is 12.8. The molecule has 0 bridgehead atoms. The highest BCUT2D eigenvalue weighted by Gasteiger charge is 2.09. The van der Waals surface area contributed by atoms with Gasteiger partial charge in [-0.15, -0.1) is 0 Å². The van der Waals surface area contributed by atoms with E-state index in [-0.39, 0.29) is 11.9 Å². The number of hydrogen-bond donors (Lipinski definition) is 1. The second kappa shape index (κ2) is 6.26. The van der Waals surface area contributed by atoms with Crippen molar-refractivity contribution in [3.8, 4) is 0 Å². The maximum absolute atomic E-state index is 13.2. The van der Waals surface area contributed by atoms with Crippen molar-refractivity contribution in [1.82, 2.24) is 10.3 Å². The molecular weight excluding hydrogens is 227 g/mol. The van der Waals surface area contributed by atoms with Gasteiger partial charge in [0.05, 0.1) is 0 Å². The molecule has 0 aliphatic carbocycles. The minimum Gasteiger partial charge on any atom is -0.306 e. The van der Waals surface area contributed by atoms with Gasteiger partial charge in [-0.05, 0) is 41.8 Å². The number of benzene rings is 1. The molecule has 1 heterocycles. The predicted molar refractivity (Wildman–Crippen MR) is 70.5 cm³/mol. The van der Waals surface area contributed by atoms with Crippen molar-refractivity contribution in [1.29, 1.82) is 0 Å². The Balaban J connectivity index is 2.02. The summed E-state index contributed by atoms with van der Waals surface area (Å²) in [5.41, 5.74) is 2.17. The largest absolute Gasteiger partial charge is 0.306 e. The van der Waals surface area contributed by atoms with Crippen LogP contribution >= 0.6 is 0 Å². The summed E-state index contributed by atoms with van der Waals surface area (Å²) in [6, 6.07) is 10.9. The molecule has 94 valence electrons. The Bertz CT molecular complexity index is 485. The molecule has 1 aromatic carbocycles. The van der Waals surface area contributed by atoms with Crippen LogP contribution in [0.1, 0.15) is 30.5 Å². The number of nitrogens with one attached hydrogen (secondary N) is 1. The highest BCUT2D eigenvalue weighted by atomic mass is 19.1. The van der Waals surface area contributed by atoms with Crippen LogP contribution in [-0.4, -0.2) is 4.98 Å². The number of rotatable bonds is 5. The van der Waals surface area contributed by atoms with E-state index in [2.05, 4.69) is 17.2 Å². The molecule has 1 atom stereocenters. The van der Waals surface area contributed by atoms with Gasteiger partial charge in [0, 0.05) is 25.0 Å². The van der Waals surface area contributed by atoms with Crippen molar-refractivity contribution in [2.24, 2.45) is 0 Å². The molecule has 1 aromatic heterocycles. The van der Waals surface area contributed by atoms with Crippen molar-refractivity contribution in [2.75, 3.05) is 0 Å². The lowest BCUT2D eigenvalue weighted by molar-refractivity contribution is 0.514. The summed E-state index contributed by atoms with van der Waals surface area (Å²) in [7, 11) is 0. The van der Waals surface area contributed by atoms with E-state index in [4.69, 9.17) is 0 Å². The van der Waals surface area contributed by atoms with Gasteiger partial charge in [-0.25, -0.2) is 4.39 Å². The molecule has 0 spiro atoms. The molecule has 3 heteroatoms. The molecule has 0 aliphatic heterocycles. The third kappa shape index (κ3) is 3.37. The van der Waals surface area contributed by atoms with Gasteiger partial charge in [0.25, 0.3) is 0 Å². The Labute approximate surface area is 107 Å². The molecule has 0 fully saturated rings. The Kier molecular flexibility index (Phi) is 4.42. The van der Waals surface area contributed by atoms with E-state index in [1.165, 1.54) is 11.6 Å². The lowest BCUT2D eigenvalue weighted by Crippen LogP contribution is -2.20. The number of halogens is 1. The number of nitrogens with zero attached hydrogens (tertiary/aromatic N) is 1. The first kappa shape index (κ1) is 12.7. The fourth-order valence-corrected chi connectivity index (χ4v) is 1.96. The van der Waals surface area contributed by atoms with Gasteiger partial charge < -0.3 is 5.32 Å². The molecule has 2 aromatic rings. The first-order valence-corrected chi connectivity index (χ1v) is 6.17. The van der Waals surface area contributed by atoms with E-state index < -0.39 is 0 Å². The van der Waals surface area contributed by atoms with Crippen LogP contribution in [0.2, 0.25) is 0 Å². The van der Waals surface area contributed by atoms with Crippen LogP contribution in [0, 0.1) is 5.82 Å². The van der Waals surface area contributed by atoms with Crippen LogP contribution in [0.25, 0.3) is 0 Å². The number of aromatic nitrogens is 1. The van der Waals surface area contributed by atoms with Crippen LogP contribution in [0.4, 0.5) is 4.39 Å². The van der Waals surface area contributed by atoms with Crippen LogP contribution in [0.3, 0.4) is 0 Å². The molecule has 0 saturated carbocycles. The SMILES string of the molecule is CCC(NCc1ccncc1)c1cccc(F)c1. The van der Waals surface area contributed by atoms with Crippen LogP contribution in [0.5, 0.6) is 0 Å².